The van der Waals surface area contributed by atoms with Crippen LogP contribution in [0.5, 0.6) is 0 Å². The molecule has 3 aliphatic heterocycles. The van der Waals surface area contributed by atoms with Crippen LogP contribution in [0.4, 0.5) is 18.9 Å². The van der Waals surface area contributed by atoms with Gasteiger partial charge in [-0.1, -0.05) is 66.3 Å². The molecule has 7 rings (SSSR count). The fourth-order valence-electron chi connectivity index (χ4n) is 10.4. The normalized spacial score (nSPS) is 16.9. The highest BCUT2D eigenvalue weighted by Crippen LogP contribution is 2.43. The van der Waals surface area contributed by atoms with Gasteiger partial charge in [-0.25, -0.2) is 18.6 Å². The van der Waals surface area contributed by atoms with Crippen LogP contribution in [0.2, 0.25) is 0 Å². The summed E-state index contributed by atoms with van der Waals surface area (Å²) in [5.74, 6) is -1.34. The van der Waals surface area contributed by atoms with E-state index in [4.69, 9.17) is 14.5 Å². The SMILES string of the molecule is C=CC(=O)N1CCC(F)C1.CC.CCn1c(-c2cc(N3CCNCC3)cnc2C(C)OC)c(CC(C)(C)COC=O)c2cc(-c3cc(CC(NC(=O)C(C(C)C)N(C)C=O)C(=O)N4CCCCN4)cc(C(F)F)c3)ccc21. The molecule has 3 fully saturated rings. The number of halogens is 3. The first kappa shape index (κ1) is 61.5. The van der Waals surface area contributed by atoms with Crippen molar-refractivity contribution in [2.24, 2.45) is 11.3 Å². The number of carbonyl (C=O) groups is 5. The summed E-state index contributed by atoms with van der Waals surface area (Å²) in [7, 11) is 3.18. The molecule has 0 aliphatic carbocycles. The molecule has 3 N–H and O–H groups in total. The van der Waals surface area contributed by atoms with Crippen molar-refractivity contribution < 1.29 is 46.6 Å². The van der Waals surface area contributed by atoms with E-state index in [1.165, 1.54) is 40.1 Å². The number of alkyl halides is 3. The Morgan fingerprint density at radius 1 is 0.987 bits per heavy atom. The van der Waals surface area contributed by atoms with Crippen LogP contribution in [0.3, 0.4) is 0 Å². The van der Waals surface area contributed by atoms with E-state index in [1.54, 1.807) is 13.2 Å². The summed E-state index contributed by atoms with van der Waals surface area (Å²) >= 11 is 0. The molecular weight excluding hydrogens is 992 g/mol. The van der Waals surface area contributed by atoms with Crippen LogP contribution in [-0.2, 0) is 52.8 Å². The van der Waals surface area contributed by atoms with E-state index >= 15 is 0 Å². The number of hydrogen-bond donors (Lipinski definition) is 3. The number of fused-ring (bicyclic) bond motifs is 1. The topological polar surface area (TPSA) is 171 Å². The Morgan fingerprint density at radius 3 is 2.30 bits per heavy atom. The molecule has 4 atom stereocenters. The number of piperazine rings is 1. The molecule has 3 saturated heterocycles. The minimum atomic E-state index is -2.82. The molecule has 5 heterocycles. The number of ether oxygens (including phenoxy) is 2. The first-order chi connectivity index (χ1) is 36.8. The molecule has 4 amide bonds. The monoisotopic (exact) mass is 1070 g/mol. The smallest absolute Gasteiger partial charge is 0.293 e. The summed E-state index contributed by atoms with van der Waals surface area (Å²) in [5.41, 5.74) is 9.58. The molecule has 3 aliphatic rings. The molecule has 0 saturated carbocycles. The Balaban J connectivity index is 0.000000809. The van der Waals surface area contributed by atoms with Gasteiger partial charge in [-0.3, -0.25) is 34.0 Å². The number of pyridine rings is 1. The van der Waals surface area contributed by atoms with Crippen LogP contribution in [0.25, 0.3) is 33.3 Å². The highest BCUT2D eigenvalue weighted by atomic mass is 19.3. The molecule has 2 aromatic heterocycles. The Labute approximate surface area is 453 Å². The third kappa shape index (κ3) is 15.7. The lowest BCUT2D eigenvalue weighted by atomic mass is 9.84. The zero-order valence-electron chi connectivity index (χ0n) is 46.8. The number of rotatable bonds is 21. The number of likely N-dealkylation sites (N-methyl/N-ethyl adjacent to an activating group) is 1. The lowest BCUT2D eigenvalue weighted by Gasteiger charge is -2.33. The zero-order chi connectivity index (χ0) is 56.6. The van der Waals surface area contributed by atoms with Gasteiger partial charge in [-0.2, -0.15) is 0 Å². The summed E-state index contributed by atoms with van der Waals surface area (Å²) in [5, 5.41) is 8.71. The van der Waals surface area contributed by atoms with Crippen molar-refractivity contribution in [2.45, 2.75) is 125 Å². The van der Waals surface area contributed by atoms with Crippen molar-refractivity contribution in [3.05, 3.63) is 83.7 Å². The van der Waals surface area contributed by atoms with Crippen LogP contribution >= 0.6 is 0 Å². The number of likely N-dealkylation sites (tertiary alicyclic amines) is 1. The van der Waals surface area contributed by atoms with Crippen LogP contribution in [-0.4, -0.2) is 146 Å². The maximum atomic E-state index is 14.9. The second-order valence-corrected chi connectivity index (χ2v) is 20.8. The molecule has 16 nitrogen and oxygen atoms in total. The number of amides is 4. The lowest BCUT2D eigenvalue weighted by Crippen LogP contribution is -2.58. The van der Waals surface area contributed by atoms with Crippen molar-refractivity contribution in [1.82, 2.24) is 40.4 Å². The molecule has 422 valence electrons. The highest BCUT2D eigenvalue weighted by molar-refractivity contribution is 5.96. The standard InChI is InChI=1S/C49H66F2N8O6.C7H10FNO.C2H6/c1-9-58-42-13-12-34(24-38(42)40(26-49(5,6)28-65-30-61)45(58)39-25-37(57-18-15-52-16-19-57)27-53-43(39)32(4)64-8)35-20-33(21-36(23-35)46(50)51)22-41(48(63)59-17-11-10-14-54-59)55-47(62)44(31(2)3)56(7)29-60;1-2-7(10)9-4-3-6(8)5-9;1-2/h12-13,20-21,23-25,27,29-32,41,44,46,52,54H,9-11,14-19,22,26,28H2,1-8H3,(H,55,62);2,6H,1,3-5H2;1-2H3. The first-order valence-corrected chi connectivity index (χ1v) is 27.0. The van der Waals surface area contributed by atoms with Gasteiger partial charge >= 0.3 is 0 Å². The molecule has 0 spiro atoms. The van der Waals surface area contributed by atoms with E-state index in [0.717, 1.165) is 78.1 Å². The van der Waals surface area contributed by atoms with Crippen molar-refractivity contribution in [1.29, 1.82) is 0 Å². The Kier molecular flexibility index (Phi) is 23.1. The molecule has 2 aromatic carbocycles. The average molecular weight is 1070 g/mol. The fraction of sp³-hybridized carbons (Fsp3) is 0.552. The summed E-state index contributed by atoms with van der Waals surface area (Å²) < 4.78 is 55.8. The summed E-state index contributed by atoms with van der Waals surface area (Å²) in [4.78, 5) is 72.1. The van der Waals surface area contributed by atoms with Crippen LogP contribution < -0.4 is 21.0 Å². The van der Waals surface area contributed by atoms with E-state index in [1.807, 2.05) is 72.9 Å². The predicted octanol–water partition coefficient (Wildman–Crippen LogP) is 8.22. The molecule has 77 heavy (non-hydrogen) atoms. The summed E-state index contributed by atoms with van der Waals surface area (Å²) in [6.07, 6.45) is 2.25. The number of hydrazine groups is 1. The van der Waals surface area contributed by atoms with Gasteiger partial charge in [0.1, 0.15) is 18.3 Å². The van der Waals surface area contributed by atoms with E-state index < -0.39 is 41.9 Å². The molecule has 4 aromatic rings. The van der Waals surface area contributed by atoms with E-state index in [9.17, 15) is 37.1 Å². The molecule has 19 heteroatoms. The minimum Gasteiger partial charge on any atom is -0.467 e. The van der Waals surface area contributed by atoms with Crippen LogP contribution in [0.15, 0.2) is 61.3 Å². The summed E-state index contributed by atoms with van der Waals surface area (Å²) in [6, 6.07) is 10.9. The predicted molar refractivity (Wildman–Crippen MR) is 296 cm³/mol. The fourth-order valence-corrected chi connectivity index (χ4v) is 10.4. The van der Waals surface area contributed by atoms with E-state index in [0.29, 0.717) is 68.6 Å². The van der Waals surface area contributed by atoms with E-state index in [2.05, 4.69) is 45.1 Å². The van der Waals surface area contributed by atoms with Crippen molar-refractivity contribution in [2.75, 3.05) is 78.0 Å². The maximum Gasteiger partial charge on any atom is 0.293 e. The number of anilines is 1. The second kappa shape index (κ2) is 28.9. The number of carbonyl (C=O) groups excluding carboxylic acids is 5. The van der Waals surface area contributed by atoms with E-state index in [-0.39, 0.29) is 43.1 Å². The second-order valence-electron chi connectivity index (χ2n) is 20.8. The number of nitrogens with one attached hydrogen (secondary N) is 3. The quantitative estimate of drug-likeness (QED) is 0.0543. The number of hydrogen-bond acceptors (Lipinski definition) is 11. The average Bonchev–Trinajstić information content (AvgIpc) is 4.04. The largest absolute Gasteiger partial charge is 0.467 e. The number of nitrogens with zero attached hydrogens (tertiary/aromatic N) is 6. The van der Waals surface area contributed by atoms with Crippen molar-refractivity contribution in [3.63, 3.8) is 0 Å². The minimum absolute atomic E-state index is 0.0718. The van der Waals surface area contributed by atoms with Gasteiger partial charge in [0.15, 0.2) is 0 Å². The Morgan fingerprint density at radius 2 is 1.71 bits per heavy atom. The van der Waals surface area contributed by atoms with Gasteiger partial charge in [0.25, 0.3) is 18.8 Å². The number of benzene rings is 2. The van der Waals surface area contributed by atoms with Gasteiger partial charge in [-0.15, -0.1) is 0 Å². The maximum absolute atomic E-state index is 14.9. The highest BCUT2D eigenvalue weighted by Gasteiger charge is 2.34. The molecule has 0 radical (unpaired) electrons. The third-order valence-electron chi connectivity index (χ3n) is 14.2. The molecule has 4 unspecified atom stereocenters. The van der Waals surface area contributed by atoms with Crippen LogP contribution in [0.1, 0.15) is 110 Å². The van der Waals surface area contributed by atoms with Gasteiger partial charge in [0, 0.05) is 100 Å². The number of methoxy groups -OCH3 is 1. The van der Waals surface area contributed by atoms with Crippen molar-refractivity contribution in [3.8, 4) is 22.4 Å². The number of aromatic nitrogens is 2. The van der Waals surface area contributed by atoms with Gasteiger partial charge in [0.2, 0.25) is 18.2 Å². The summed E-state index contributed by atoms with van der Waals surface area (Å²) in [6.45, 7) is 25.5. The lowest BCUT2D eigenvalue weighted by molar-refractivity contribution is -0.142. The Hall–Kier alpha value is -6.31. The first-order valence-electron chi connectivity index (χ1n) is 27.0. The van der Waals surface area contributed by atoms with Gasteiger partial charge < -0.3 is 39.4 Å². The van der Waals surface area contributed by atoms with Gasteiger partial charge in [0.05, 0.1) is 42.5 Å². The van der Waals surface area contributed by atoms with Crippen LogP contribution in [0, 0.1) is 11.3 Å². The molecular formula is C58H82F3N9O7. The van der Waals surface area contributed by atoms with Crippen molar-refractivity contribution >= 4 is 47.2 Å². The Bertz CT molecular complexity index is 2630. The number of aryl methyl sites for hydroxylation is 1. The molecule has 0 bridgehead atoms. The van der Waals surface area contributed by atoms with Gasteiger partial charge in [-0.05, 0) is 98.0 Å². The third-order valence-corrected chi connectivity index (χ3v) is 14.2. The zero-order valence-corrected chi connectivity index (χ0v) is 46.8.